The smallest absolute Gasteiger partial charge is 0.0670 e. The van der Waals surface area contributed by atoms with Crippen molar-refractivity contribution < 1.29 is 0 Å². The zero-order valence-electron chi connectivity index (χ0n) is 8.00. The minimum absolute atomic E-state index is 0.435. The molecule has 1 heterocycles. The van der Waals surface area contributed by atoms with Crippen molar-refractivity contribution in [1.29, 1.82) is 5.26 Å². The van der Waals surface area contributed by atoms with Crippen LogP contribution >= 0.6 is 11.6 Å². The van der Waals surface area contributed by atoms with Crippen molar-refractivity contribution in [2.75, 3.05) is 0 Å². The Bertz CT molecular complexity index is 491. The first kappa shape index (κ1) is 9.82. The molecule has 3 heteroatoms. The van der Waals surface area contributed by atoms with E-state index >= 15 is 0 Å². The van der Waals surface area contributed by atoms with Gasteiger partial charge in [-0.2, -0.15) is 5.26 Å². The van der Waals surface area contributed by atoms with E-state index in [2.05, 4.69) is 11.1 Å². The van der Waals surface area contributed by atoms with E-state index in [0.29, 0.717) is 6.42 Å². The van der Waals surface area contributed by atoms with E-state index in [4.69, 9.17) is 16.9 Å². The van der Waals surface area contributed by atoms with Crippen molar-refractivity contribution in [2.24, 2.45) is 0 Å². The van der Waals surface area contributed by atoms with Gasteiger partial charge in [-0.15, -0.1) is 0 Å². The summed E-state index contributed by atoms with van der Waals surface area (Å²) in [7, 11) is 0. The number of nitrogens with zero attached hydrogens (tertiary/aromatic N) is 1. The van der Waals surface area contributed by atoms with Gasteiger partial charge in [-0.1, -0.05) is 23.7 Å². The number of benzene rings is 1. The molecular formula is C12H9ClN2. The van der Waals surface area contributed by atoms with Crippen molar-refractivity contribution >= 4 is 11.6 Å². The Morgan fingerprint density at radius 3 is 2.67 bits per heavy atom. The Morgan fingerprint density at radius 2 is 2.00 bits per heavy atom. The number of aromatic amines is 1. The molecule has 0 aliphatic rings. The molecule has 0 spiro atoms. The highest BCUT2D eigenvalue weighted by atomic mass is 35.5. The van der Waals surface area contributed by atoms with Crippen LogP contribution < -0.4 is 0 Å². The number of rotatable bonds is 2. The quantitative estimate of drug-likeness (QED) is 0.821. The normalized spacial score (nSPS) is 9.87. The van der Waals surface area contributed by atoms with E-state index < -0.39 is 0 Å². The van der Waals surface area contributed by atoms with Crippen LogP contribution in [0.3, 0.4) is 0 Å². The highest BCUT2D eigenvalue weighted by Crippen LogP contribution is 2.21. The Labute approximate surface area is 93.1 Å². The number of aromatic nitrogens is 1. The fraction of sp³-hybridized carbons (Fsp3) is 0.0833. The topological polar surface area (TPSA) is 39.6 Å². The Morgan fingerprint density at radius 1 is 1.27 bits per heavy atom. The molecular weight excluding hydrogens is 208 g/mol. The second-order valence-electron chi connectivity index (χ2n) is 3.26. The molecule has 0 aliphatic carbocycles. The SMILES string of the molecule is N#CCc1c[nH]c(-c2ccc(Cl)cc2)c1. The summed E-state index contributed by atoms with van der Waals surface area (Å²) >= 11 is 5.80. The molecule has 1 aromatic heterocycles. The average Bonchev–Trinajstić information content (AvgIpc) is 2.68. The monoisotopic (exact) mass is 216 g/mol. The van der Waals surface area contributed by atoms with Gasteiger partial charge in [0.2, 0.25) is 0 Å². The maximum absolute atomic E-state index is 8.55. The molecule has 0 amide bonds. The van der Waals surface area contributed by atoms with Gasteiger partial charge in [-0.25, -0.2) is 0 Å². The van der Waals surface area contributed by atoms with E-state index in [9.17, 15) is 0 Å². The third-order valence-corrected chi connectivity index (χ3v) is 2.43. The van der Waals surface area contributed by atoms with Crippen molar-refractivity contribution in [3.05, 3.63) is 47.1 Å². The van der Waals surface area contributed by atoms with Gasteiger partial charge in [-0.3, -0.25) is 0 Å². The molecule has 0 fully saturated rings. The molecule has 0 atom stereocenters. The molecule has 2 rings (SSSR count). The maximum atomic E-state index is 8.55. The third kappa shape index (κ3) is 2.20. The van der Waals surface area contributed by atoms with Crippen LogP contribution in [0.25, 0.3) is 11.3 Å². The lowest BCUT2D eigenvalue weighted by Gasteiger charge is -1.96. The number of nitriles is 1. The minimum Gasteiger partial charge on any atom is -0.361 e. The Kier molecular flexibility index (Phi) is 2.75. The van der Waals surface area contributed by atoms with Gasteiger partial charge < -0.3 is 4.98 Å². The first-order chi connectivity index (χ1) is 7.29. The fourth-order valence-corrected chi connectivity index (χ4v) is 1.55. The van der Waals surface area contributed by atoms with Gasteiger partial charge in [0.05, 0.1) is 12.5 Å². The van der Waals surface area contributed by atoms with Gasteiger partial charge in [0, 0.05) is 16.9 Å². The number of H-pyrrole nitrogens is 1. The highest BCUT2D eigenvalue weighted by Gasteiger charge is 2.01. The van der Waals surface area contributed by atoms with Crippen LogP contribution in [0, 0.1) is 11.3 Å². The van der Waals surface area contributed by atoms with Crippen LogP contribution in [0.15, 0.2) is 36.5 Å². The van der Waals surface area contributed by atoms with Crippen molar-refractivity contribution in [1.82, 2.24) is 4.98 Å². The number of hydrogen-bond acceptors (Lipinski definition) is 1. The zero-order chi connectivity index (χ0) is 10.7. The molecule has 0 radical (unpaired) electrons. The highest BCUT2D eigenvalue weighted by molar-refractivity contribution is 6.30. The summed E-state index contributed by atoms with van der Waals surface area (Å²) in [5.74, 6) is 0. The summed E-state index contributed by atoms with van der Waals surface area (Å²) in [5.41, 5.74) is 3.09. The summed E-state index contributed by atoms with van der Waals surface area (Å²) in [6, 6.07) is 11.7. The second kappa shape index (κ2) is 4.20. The number of halogens is 1. The molecule has 0 saturated heterocycles. The fourth-order valence-electron chi connectivity index (χ4n) is 1.43. The molecule has 2 nitrogen and oxygen atoms in total. The molecule has 74 valence electrons. The van der Waals surface area contributed by atoms with Crippen LogP contribution in [0.1, 0.15) is 5.56 Å². The van der Waals surface area contributed by atoms with Gasteiger partial charge in [0.25, 0.3) is 0 Å². The molecule has 1 aromatic carbocycles. The average molecular weight is 217 g/mol. The predicted molar refractivity (Wildman–Crippen MR) is 60.6 cm³/mol. The Hall–Kier alpha value is -1.72. The van der Waals surface area contributed by atoms with E-state index in [1.165, 1.54) is 0 Å². The third-order valence-electron chi connectivity index (χ3n) is 2.18. The standard InChI is InChI=1S/C12H9ClN2/c13-11-3-1-10(2-4-11)12-7-9(5-6-14)8-15-12/h1-4,7-8,15H,5H2. The van der Waals surface area contributed by atoms with E-state index in [-0.39, 0.29) is 0 Å². The van der Waals surface area contributed by atoms with Crippen LogP contribution in [-0.2, 0) is 6.42 Å². The van der Waals surface area contributed by atoms with E-state index in [1.54, 1.807) is 0 Å². The molecule has 0 unspecified atom stereocenters. The maximum Gasteiger partial charge on any atom is 0.0670 e. The molecule has 0 saturated carbocycles. The summed E-state index contributed by atoms with van der Waals surface area (Å²) in [6.45, 7) is 0. The lowest BCUT2D eigenvalue weighted by Crippen LogP contribution is -1.75. The van der Waals surface area contributed by atoms with E-state index in [0.717, 1.165) is 21.8 Å². The lowest BCUT2D eigenvalue weighted by molar-refractivity contribution is 1.26. The van der Waals surface area contributed by atoms with Crippen molar-refractivity contribution in [3.8, 4) is 17.3 Å². The predicted octanol–water partition coefficient (Wildman–Crippen LogP) is 3.40. The molecule has 2 aromatic rings. The summed E-state index contributed by atoms with van der Waals surface area (Å²) < 4.78 is 0. The van der Waals surface area contributed by atoms with Crippen LogP contribution in [0.4, 0.5) is 0 Å². The van der Waals surface area contributed by atoms with Gasteiger partial charge in [-0.05, 0) is 29.3 Å². The van der Waals surface area contributed by atoms with E-state index in [1.807, 2.05) is 36.5 Å². The van der Waals surface area contributed by atoms with Crippen molar-refractivity contribution in [2.45, 2.75) is 6.42 Å². The second-order valence-corrected chi connectivity index (χ2v) is 3.70. The summed E-state index contributed by atoms with van der Waals surface area (Å²) in [6.07, 6.45) is 2.29. The van der Waals surface area contributed by atoms with Crippen LogP contribution in [0.2, 0.25) is 5.02 Å². The largest absolute Gasteiger partial charge is 0.361 e. The molecule has 1 N–H and O–H groups in total. The Balaban J connectivity index is 2.30. The molecule has 0 bridgehead atoms. The summed E-state index contributed by atoms with van der Waals surface area (Å²) in [5, 5.41) is 9.28. The van der Waals surface area contributed by atoms with Gasteiger partial charge in [0.15, 0.2) is 0 Å². The lowest BCUT2D eigenvalue weighted by atomic mass is 10.1. The van der Waals surface area contributed by atoms with Crippen LogP contribution in [0.5, 0.6) is 0 Å². The first-order valence-corrected chi connectivity index (χ1v) is 4.97. The van der Waals surface area contributed by atoms with Gasteiger partial charge in [0.1, 0.15) is 0 Å². The number of hydrogen-bond donors (Lipinski definition) is 1. The molecule has 0 aliphatic heterocycles. The number of nitrogens with one attached hydrogen (secondary N) is 1. The van der Waals surface area contributed by atoms with Crippen LogP contribution in [-0.4, -0.2) is 4.98 Å². The zero-order valence-corrected chi connectivity index (χ0v) is 8.75. The van der Waals surface area contributed by atoms with Gasteiger partial charge >= 0.3 is 0 Å². The minimum atomic E-state index is 0.435. The molecule has 15 heavy (non-hydrogen) atoms. The first-order valence-electron chi connectivity index (χ1n) is 4.60. The van der Waals surface area contributed by atoms with Crippen molar-refractivity contribution in [3.63, 3.8) is 0 Å². The summed E-state index contributed by atoms with van der Waals surface area (Å²) in [4.78, 5) is 3.13.